The van der Waals surface area contributed by atoms with Crippen molar-refractivity contribution >= 4 is 17.5 Å². The number of carbonyl (C=O) groups is 2. The lowest BCUT2D eigenvalue weighted by Crippen LogP contribution is -2.48. The van der Waals surface area contributed by atoms with E-state index in [1.165, 1.54) is 12.1 Å². The molecule has 0 aliphatic carbocycles. The van der Waals surface area contributed by atoms with E-state index in [4.69, 9.17) is 4.74 Å². The van der Waals surface area contributed by atoms with Gasteiger partial charge in [-0.1, -0.05) is 19.1 Å². The number of amides is 2. The number of rotatable bonds is 10. The molecule has 2 amide bonds. The molecule has 0 aliphatic heterocycles. The van der Waals surface area contributed by atoms with Gasteiger partial charge >= 0.3 is 0 Å². The molecule has 2 aromatic carbocycles. The molecule has 6 nitrogen and oxygen atoms in total. The van der Waals surface area contributed by atoms with Crippen molar-refractivity contribution in [1.29, 1.82) is 0 Å². The van der Waals surface area contributed by atoms with E-state index in [9.17, 15) is 14.0 Å². The van der Waals surface area contributed by atoms with E-state index in [2.05, 4.69) is 10.6 Å². The third-order valence-electron chi connectivity index (χ3n) is 4.68. The number of hydrogen-bond acceptors (Lipinski definition) is 4. The second kappa shape index (κ2) is 11.2. The Morgan fingerprint density at radius 3 is 2.34 bits per heavy atom. The SMILES string of the molecule is CCN(CC(=O)Nc1ccc(OC)cc1)[C@@H](C)C(=O)NCCc1ccc(F)cc1. The molecule has 29 heavy (non-hydrogen) atoms. The highest BCUT2D eigenvalue weighted by Gasteiger charge is 2.22. The zero-order valence-corrected chi connectivity index (χ0v) is 17.1. The summed E-state index contributed by atoms with van der Waals surface area (Å²) in [7, 11) is 1.58. The Labute approximate surface area is 171 Å². The fraction of sp³-hybridized carbons (Fsp3) is 0.364. The summed E-state index contributed by atoms with van der Waals surface area (Å²) in [6.07, 6.45) is 0.614. The zero-order chi connectivity index (χ0) is 21.2. The molecule has 2 aromatic rings. The van der Waals surface area contributed by atoms with Crippen LogP contribution in [-0.4, -0.2) is 49.5 Å². The van der Waals surface area contributed by atoms with Gasteiger partial charge in [-0.15, -0.1) is 0 Å². The van der Waals surface area contributed by atoms with Gasteiger partial charge in [-0.3, -0.25) is 14.5 Å². The first-order valence-corrected chi connectivity index (χ1v) is 9.63. The highest BCUT2D eigenvalue weighted by molar-refractivity contribution is 5.93. The summed E-state index contributed by atoms with van der Waals surface area (Å²) in [6.45, 7) is 4.79. The molecule has 0 fully saturated rings. The maximum Gasteiger partial charge on any atom is 0.238 e. The number of methoxy groups -OCH3 is 1. The quantitative estimate of drug-likeness (QED) is 0.642. The number of hydrogen-bond donors (Lipinski definition) is 2. The lowest BCUT2D eigenvalue weighted by Gasteiger charge is -2.26. The number of anilines is 1. The van der Waals surface area contributed by atoms with Crippen LogP contribution in [0.1, 0.15) is 19.4 Å². The maximum atomic E-state index is 12.9. The minimum absolute atomic E-state index is 0.106. The molecule has 0 saturated heterocycles. The van der Waals surface area contributed by atoms with Gasteiger partial charge in [-0.25, -0.2) is 4.39 Å². The van der Waals surface area contributed by atoms with Gasteiger partial charge in [0.05, 0.1) is 19.7 Å². The summed E-state index contributed by atoms with van der Waals surface area (Å²) in [5.41, 5.74) is 1.62. The fourth-order valence-corrected chi connectivity index (χ4v) is 2.88. The van der Waals surface area contributed by atoms with E-state index in [-0.39, 0.29) is 24.2 Å². The summed E-state index contributed by atoms with van der Waals surface area (Å²) in [5.74, 6) is 0.0937. The number of nitrogens with zero attached hydrogens (tertiary/aromatic N) is 1. The van der Waals surface area contributed by atoms with Crippen LogP contribution < -0.4 is 15.4 Å². The van der Waals surface area contributed by atoms with E-state index in [1.807, 2.05) is 6.92 Å². The van der Waals surface area contributed by atoms with Crippen LogP contribution in [0, 0.1) is 5.82 Å². The summed E-state index contributed by atoms with van der Waals surface area (Å²) in [5, 5.41) is 5.70. The molecule has 0 aromatic heterocycles. The molecule has 2 N–H and O–H groups in total. The third-order valence-corrected chi connectivity index (χ3v) is 4.68. The first-order chi connectivity index (χ1) is 13.9. The number of carbonyl (C=O) groups excluding carboxylic acids is 2. The Bertz CT molecular complexity index is 794. The van der Waals surface area contributed by atoms with Crippen molar-refractivity contribution in [3.8, 4) is 5.75 Å². The van der Waals surface area contributed by atoms with E-state index >= 15 is 0 Å². The molecule has 1 atom stereocenters. The first kappa shape index (κ1) is 22.4. The number of halogens is 1. The van der Waals surface area contributed by atoms with Gasteiger partial charge < -0.3 is 15.4 Å². The second-order valence-electron chi connectivity index (χ2n) is 6.68. The van der Waals surface area contributed by atoms with Crippen LogP contribution in [0.3, 0.4) is 0 Å². The van der Waals surface area contributed by atoms with Crippen LogP contribution >= 0.6 is 0 Å². The molecular weight excluding hydrogens is 373 g/mol. The van der Waals surface area contributed by atoms with Gasteiger partial charge in [0.15, 0.2) is 0 Å². The van der Waals surface area contributed by atoms with Gasteiger partial charge in [0, 0.05) is 12.2 Å². The minimum atomic E-state index is -0.449. The van der Waals surface area contributed by atoms with Gasteiger partial charge in [0.2, 0.25) is 11.8 Å². The largest absolute Gasteiger partial charge is 0.497 e. The molecule has 0 aliphatic rings. The molecule has 0 heterocycles. The number of ether oxygens (including phenoxy) is 1. The normalized spacial score (nSPS) is 11.8. The van der Waals surface area contributed by atoms with E-state index in [0.717, 1.165) is 5.56 Å². The van der Waals surface area contributed by atoms with Crippen molar-refractivity contribution in [3.63, 3.8) is 0 Å². The van der Waals surface area contributed by atoms with Gasteiger partial charge in [-0.2, -0.15) is 0 Å². The van der Waals surface area contributed by atoms with E-state index in [1.54, 1.807) is 55.3 Å². The molecule has 0 radical (unpaired) electrons. The molecule has 156 valence electrons. The lowest BCUT2D eigenvalue weighted by atomic mass is 10.1. The monoisotopic (exact) mass is 401 g/mol. The molecule has 0 spiro atoms. The predicted molar refractivity (Wildman–Crippen MR) is 111 cm³/mol. The Balaban J connectivity index is 1.80. The van der Waals surface area contributed by atoms with Crippen molar-refractivity contribution in [1.82, 2.24) is 10.2 Å². The van der Waals surface area contributed by atoms with Crippen LogP contribution in [0.5, 0.6) is 5.75 Å². The standard InChI is InChI=1S/C22H28FN3O3/c1-4-26(15-21(27)25-19-9-11-20(29-3)12-10-19)16(2)22(28)24-14-13-17-5-7-18(23)8-6-17/h5-12,16H,4,13-15H2,1-3H3,(H,24,28)(H,25,27)/t16-/m0/s1. The van der Waals surface area contributed by atoms with Gasteiger partial charge in [0.25, 0.3) is 0 Å². The van der Waals surface area contributed by atoms with E-state index < -0.39 is 6.04 Å². The van der Waals surface area contributed by atoms with E-state index in [0.29, 0.717) is 30.9 Å². The lowest BCUT2D eigenvalue weighted by molar-refractivity contribution is -0.127. The molecule has 0 bridgehead atoms. The molecule has 0 unspecified atom stereocenters. The smallest absolute Gasteiger partial charge is 0.238 e. The van der Waals surface area contributed by atoms with Crippen molar-refractivity contribution in [2.75, 3.05) is 32.1 Å². The zero-order valence-electron chi connectivity index (χ0n) is 17.1. The summed E-state index contributed by atoms with van der Waals surface area (Å²) in [4.78, 5) is 26.6. The summed E-state index contributed by atoms with van der Waals surface area (Å²) in [6, 6.07) is 12.8. The van der Waals surface area contributed by atoms with Gasteiger partial charge in [0.1, 0.15) is 11.6 Å². The Kier molecular flexibility index (Phi) is 8.61. The number of nitrogens with one attached hydrogen (secondary N) is 2. The third kappa shape index (κ3) is 7.19. The fourth-order valence-electron chi connectivity index (χ4n) is 2.88. The Morgan fingerprint density at radius 2 is 1.76 bits per heavy atom. The highest BCUT2D eigenvalue weighted by atomic mass is 19.1. The molecule has 7 heteroatoms. The minimum Gasteiger partial charge on any atom is -0.497 e. The number of likely N-dealkylation sites (N-methyl/N-ethyl adjacent to an activating group) is 1. The molecule has 0 saturated carbocycles. The first-order valence-electron chi connectivity index (χ1n) is 9.63. The van der Waals surface area contributed by atoms with Crippen LogP contribution in [0.2, 0.25) is 0 Å². The van der Waals surface area contributed by atoms with Crippen LogP contribution in [0.15, 0.2) is 48.5 Å². The average Bonchev–Trinajstić information content (AvgIpc) is 2.73. The van der Waals surface area contributed by atoms with Crippen molar-refractivity contribution < 1.29 is 18.7 Å². The molecular formula is C22H28FN3O3. The van der Waals surface area contributed by atoms with Crippen LogP contribution in [0.25, 0.3) is 0 Å². The van der Waals surface area contributed by atoms with Crippen molar-refractivity contribution in [2.45, 2.75) is 26.3 Å². The predicted octanol–water partition coefficient (Wildman–Crippen LogP) is 2.84. The maximum absolute atomic E-state index is 12.9. The Morgan fingerprint density at radius 1 is 1.10 bits per heavy atom. The molecule has 2 rings (SSSR count). The number of benzene rings is 2. The average molecular weight is 401 g/mol. The van der Waals surface area contributed by atoms with Crippen LogP contribution in [0.4, 0.5) is 10.1 Å². The summed E-state index contributed by atoms with van der Waals surface area (Å²) >= 11 is 0. The van der Waals surface area contributed by atoms with Crippen molar-refractivity contribution in [2.24, 2.45) is 0 Å². The highest BCUT2D eigenvalue weighted by Crippen LogP contribution is 2.15. The topological polar surface area (TPSA) is 70.7 Å². The Hall–Kier alpha value is -2.93. The second-order valence-corrected chi connectivity index (χ2v) is 6.68. The summed E-state index contributed by atoms with van der Waals surface area (Å²) < 4.78 is 18.0. The van der Waals surface area contributed by atoms with Crippen LogP contribution in [-0.2, 0) is 16.0 Å². The van der Waals surface area contributed by atoms with Gasteiger partial charge in [-0.05, 0) is 61.9 Å². The van der Waals surface area contributed by atoms with Crippen molar-refractivity contribution in [3.05, 3.63) is 59.9 Å².